The first-order valence-electron chi connectivity index (χ1n) is 5.15. The zero-order valence-corrected chi connectivity index (χ0v) is 8.69. The van der Waals surface area contributed by atoms with Crippen LogP contribution in [0.3, 0.4) is 0 Å². The summed E-state index contributed by atoms with van der Waals surface area (Å²) >= 11 is 0. The Kier molecular flexibility index (Phi) is 5.02. The maximum atomic E-state index is 8.97. The molecular weight excluding hydrogens is 172 g/mol. The molecule has 0 aromatic heterocycles. The van der Waals surface area contributed by atoms with Gasteiger partial charge in [0.2, 0.25) is 0 Å². The quantitative estimate of drug-likeness (QED) is 0.707. The van der Waals surface area contributed by atoms with Gasteiger partial charge < -0.3 is 5.11 Å². The van der Waals surface area contributed by atoms with Crippen LogP contribution in [0.5, 0.6) is 0 Å². The number of aliphatic hydroxyl groups excluding tert-OH is 1. The molecule has 0 amide bonds. The van der Waals surface area contributed by atoms with E-state index in [2.05, 4.69) is 36.4 Å². The van der Waals surface area contributed by atoms with Crippen molar-refractivity contribution in [2.45, 2.75) is 25.7 Å². The molecule has 1 heteroatoms. The summed E-state index contributed by atoms with van der Waals surface area (Å²) < 4.78 is 0. The van der Waals surface area contributed by atoms with Crippen molar-refractivity contribution in [1.29, 1.82) is 0 Å². The monoisotopic (exact) mass is 190 g/mol. The van der Waals surface area contributed by atoms with Gasteiger partial charge in [0.15, 0.2) is 0 Å². The predicted octanol–water partition coefficient (Wildman–Crippen LogP) is 3.12. The highest BCUT2D eigenvalue weighted by molar-refractivity contribution is 5.20. The van der Waals surface area contributed by atoms with Crippen LogP contribution in [0.25, 0.3) is 0 Å². The highest BCUT2D eigenvalue weighted by Gasteiger charge is 2.07. The van der Waals surface area contributed by atoms with Crippen LogP contribution in [-0.2, 0) is 0 Å². The summed E-state index contributed by atoms with van der Waals surface area (Å²) in [5.41, 5.74) is 1.32. The molecule has 1 rings (SSSR count). The van der Waals surface area contributed by atoms with Gasteiger partial charge in [-0.15, -0.1) is 0 Å². The Labute approximate surface area is 86.1 Å². The Balaban J connectivity index is 2.67. The number of rotatable bonds is 5. The largest absolute Gasteiger partial charge is 0.396 e. The molecule has 1 unspecified atom stereocenters. The molecule has 1 nitrogen and oxygen atoms in total. The molecule has 0 radical (unpaired) electrons. The van der Waals surface area contributed by atoms with Crippen molar-refractivity contribution in [3.05, 3.63) is 48.0 Å². The third-order valence-corrected chi connectivity index (χ3v) is 2.40. The molecule has 1 N–H and O–H groups in total. The van der Waals surface area contributed by atoms with Gasteiger partial charge in [-0.05, 0) is 31.2 Å². The molecule has 0 saturated heterocycles. The van der Waals surface area contributed by atoms with Crippen molar-refractivity contribution >= 4 is 0 Å². The first kappa shape index (κ1) is 11.0. The van der Waals surface area contributed by atoms with Crippen molar-refractivity contribution in [2.24, 2.45) is 0 Å². The third kappa shape index (κ3) is 3.35. The normalized spacial score (nSPS) is 13.3. The molecule has 0 aliphatic carbocycles. The first-order valence-corrected chi connectivity index (χ1v) is 5.15. The van der Waals surface area contributed by atoms with Crippen molar-refractivity contribution in [3.8, 4) is 0 Å². The van der Waals surface area contributed by atoms with E-state index < -0.39 is 0 Å². The number of benzene rings is 1. The van der Waals surface area contributed by atoms with E-state index in [-0.39, 0.29) is 6.61 Å². The smallest absolute Gasteiger partial charge is 0.0436 e. The molecule has 1 aromatic rings. The summed E-state index contributed by atoms with van der Waals surface area (Å²) in [5, 5.41) is 8.97. The number of hydrogen-bond donors (Lipinski definition) is 1. The first-order chi connectivity index (χ1) is 6.88. The minimum absolute atomic E-state index is 0.261. The minimum Gasteiger partial charge on any atom is -0.396 e. The van der Waals surface area contributed by atoms with E-state index in [0.717, 1.165) is 12.8 Å². The van der Waals surface area contributed by atoms with Crippen molar-refractivity contribution in [3.63, 3.8) is 0 Å². The fraction of sp³-hybridized carbons (Fsp3) is 0.385. The SMILES string of the molecule is C/C=C/CC(CCO)c1ccccc1. The van der Waals surface area contributed by atoms with Gasteiger partial charge in [0.25, 0.3) is 0 Å². The Morgan fingerprint density at radius 3 is 2.57 bits per heavy atom. The van der Waals surface area contributed by atoms with Gasteiger partial charge >= 0.3 is 0 Å². The van der Waals surface area contributed by atoms with Crippen molar-refractivity contribution in [1.82, 2.24) is 0 Å². The lowest BCUT2D eigenvalue weighted by Gasteiger charge is -2.13. The molecule has 0 aliphatic rings. The van der Waals surface area contributed by atoms with Gasteiger partial charge in [-0.25, -0.2) is 0 Å². The van der Waals surface area contributed by atoms with Crippen LogP contribution in [0, 0.1) is 0 Å². The summed E-state index contributed by atoms with van der Waals surface area (Å²) in [6, 6.07) is 10.4. The number of aliphatic hydroxyl groups is 1. The topological polar surface area (TPSA) is 20.2 Å². The van der Waals surface area contributed by atoms with Crippen LogP contribution >= 0.6 is 0 Å². The minimum atomic E-state index is 0.261. The average molecular weight is 190 g/mol. The molecule has 0 bridgehead atoms. The van der Waals surface area contributed by atoms with Crippen LogP contribution in [0.1, 0.15) is 31.2 Å². The van der Waals surface area contributed by atoms with E-state index in [1.807, 2.05) is 13.0 Å². The Hall–Kier alpha value is -1.08. The van der Waals surface area contributed by atoms with Crippen LogP contribution in [0.15, 0.2) is 42.5 Å². The summed E-state index contributed by atoms with van der Waals surface area (Å²) in [4.78, 5) is 0. The molecule has 1 aromatic carbocycles. The second-order valence-electron chi connectivity index (χ2n) is 3.42. The van der Waals surface area contributed by atoms with E-state index in [0.29, 0.717) is 5.92 Å². The van der Waals surface area contributed by atoms with E-state index >= 15 is 0 Å². The number of hydrogen-bond acceptors (Lipinski definition) is 1. The molecule has 0 saturated carbocycles. The van der Waals surface area contributed by atoms with Crippen LogP contribution in [-0.4, -0.2) is 11.7 Å². The van der Waals surface area contributed by atoms with Gasteiger partial charge in [-0.3, -0.25) is 0 Å². The van der Waals surface area contributed by atoms with E-state index in [9.17, 15) is 0 Å². The Morgan fingerprint density at radius 1 is 1.29 bits per heavy atom. The zero-order chi connectivity index (χ0) is 10.2. The molecule has 0 fully saturated rings. The molecule has 1 atom stereocenters. The molecule has 0 spiro atoms. The van der Waals surface area contributed by atoms with Crippen molar-refractivity contribution in [2.75, 3.05) is 6.61 Å². The molecule has 14 heavy (non-hydrogen) atoms. The Bertz CT molecular complexity index is 264. The summed E-state index contributed by atoms with van der Waals surface area (Å²) in [6.45, 7) is 2.29. The fourth-order valence-electron chi connectivity index (χ4n) is 1.60. The summed E-state index contributed by atoms with van der Waals surface area (Å²) in [7, 11) is 0. The average Bonchev–Trinajstić information content (AvgIpc) is 2.25. The van der Waals surface area contributed by atoms with Gasteiger partial charge in [0, 0.05) is 6.61 Å². The van der Waals surface area contributed by atoms with Crippen LogP contribution < -0.4 is 0 Å². The fourth-order valence-corrected chi connectivity index (χ4v) is 1.60. The lowest BCUT2D eigenvalue weighted by Crippen LogP contribution is -2.00. The van der Waals surface area contributed by atoms with Crippen molar-refractivity contribution < 1.29 is 5.11 Å². The molecule has 0 aliphatic heterocycles. The van der Waals surface area contributed by atoms with Gasteiger partial charge in [0.05, 0.1) is 0 Å². The summed E-state index contributed by atoms with van der Waals surface area (Å²) in [6.07, 6.45) is 6.08. The number of allylic oxidation sites excluding steroid dienone is 2. The van der Waals surface area contributed by atoms with Gasteiger partial charge in [-0.1, -0.05) is 42.5 Å². The zero-order valence-electron chi connectivity index (χ0n) is 8.69. The standard InChI is InChI=1S/C13H18O/c1-2-3-7-13(10-11-14)12-8-5-4-6-9-12/h2-6,8-9,13-14H,7,10-11H2,1H3/b3-2+. The molecule has 76 valence electrons. The van der Waals surface area contributed by atoms with Gasteiger partial charge in [0.1, 0.15) is 0 Å². The maximum Gasteiger partial charge on any atom is 0.0436 e. The van der Waals surface area contributed by atoms with Gasteiger partial charge in [-0.2, -0.15) is 0 Å². The van der Waals surface area contributed by atoms with E-state index in [4.69, 9.17) is 5.11 Å². The predicted molar refractivity (Wildman–Crippen MR) is 60.3 cm³/mol. The lowest BCUT2D eigenvalue weighted by atomic mass is 9.93. The second-order valence-corrected chi connectivity index (χ2v) is 3.42. The van der Waals surface area contributed by atoms with E-state index in [1.54, 1.807) is 0 Å². The van der Waals surface area contributed by atoms with Crippen LogP contribution in [0.2, 0.25) is 0 Å². The highest BCUT2D eigenvalue weighted by Crippen LogP contribution is 2.23. The second kappa shape index (κ2) is 6.39. The Morgan fingerprint density at radius 2 is 2.00 bits per heavy atom. The molecule has 0 heterocycles. The summed E-state index contributed by atoms with van der Waals surface area (Å²) in [5.74, 6) is 0.456. The third-order valence-electron chi connectivity index (χ3n) is 2.40. The maximum absolute atomic E-state index is 8.97. The molecular formula is C13H18O. The van der Waals surface area contributed by atoms with E-state index in [1.165, 1.54) is 5.56 Å². The van der Waals surface area contributed by atoms with Crippen LogP contribution in [0.4, 0.5) is 0 Å². The lowest BCUT2D eigenvalue weighted by molar-refractivity contribution is 0.275. The highest BCUT2D eigenvalue weighted by atomic mass is 16.3.